The lowest BCUT2D eigenvalue weighted by molar-refractivity contribution is -0.145. The monoisotopic (exact) mass is 341 g/mol. The molecule has 2 aliphatic rings. The highest BCUT2D eigenvalue weighted by atomic mass is 32.2. The lowest BCUT2D eigenvalue weighted by atomic mass is 10.1. The minimum absolute atomic E-state index is 0.0314. The van der Waals surface area contributed by atoms with Gasteiger partial charge in [0, 0.05) is 24.8 Å². The molecule has 7 heteroatoms. The van der Waals surface area contributed by atoms with Crippen LogP contribution in [-0.2, 0) is 14.4 Å². The van der Waals surface area contributed by atoms with E-state index in [9.17, 15) is 14.4 Å². The first-order valence-corrected chi connectivity index (χ1v) is 9.48. The molecule has 1 aliphatic heterocycles. The molecule has 1 N–H and O–H groups in total. The fourth-order valence-corrected chi connectivity index (χ4v) is 4.34. The van der Waals surface area contributed by atoms with Crippen LogP contribution in [0.2, 0.25) is 0 Å². The van der Waals surface area contributed by atoms with Crippen LogP contribution < -0.4 is 5.32 Å². The van der Waals surface area contributed by atoms with Crippen molar-refractivity contribution in [1.29, 1.82) is 0 Å². The van der Waals surface area contributed by atoms with Gasteiger partial charge in [0.2, 0.25) is 17.7 Å². The summed E-state index contributed by atoms with van der Waals surface area (Å²) in [5, 5.41) is 2.78. The first kappa shape index (κ1) is 18.1. The van der Waals surface area contributed by atoms with Crippen LogP contribution >= 0.6 is 11.8 Å². The predicted octanol–water partition coefficient (Wildman–Crippen LogP) is 1.06. The second-order valence-electron chi connectivity index (χ2n) is 6.72. The van der Waals surface area contributed by atoms with E-state index in [4.69, 9.17) is 0 Å². The number of carbonyl (C=O) groups excluding carboxylic acids is 3. The van der Waals surface area contributed by atoms with Crippen LogP contribution in [0, 0.1) is 5.92 Å². The SMILES string of the molecule is CC(C)NC(=O)CN(C)C(=O)[C@@H]1CSCN1C(=O)C1CCCC1. The first-order valence-electron chi connectivity index (χ1n) is 8.32. The topological polar surface area (TPSA) is 69.7 Å². The van der Waals surface area contributed by atoms with Crippen LogP contribution in [0.15, 0.2) is 0 Å². The Morgan fingerprint density at radius 2 is 1.91 bits per heavy atom. The molecule has 23 heavy (non-hydrogen) atoms. The van der Waals surface area contributed by atoms with Gasteiger partial charge in [-0.25, -0.2) is 0 Å². The van der Waals surface area contributed by atoms with E-state index in [0.29, 0.717) is 11.6 Å². The number of nitrogens with zero attached hydrogens (tertiary/aromatic N) is 2. The lowest BCUT2D eigenvalue weighted by Crippen LogP contribution is -2.51. The molecule has 0 aromatic rings. The van der Waals surface area contributed by atoms with Gasteiger partial charge >= 0.3 is 0 Å². The molecular weight excluding hydrogens is 314 g/mol. The number of rotatable bonds is 5. The second kappa shape index (κ2) is 8.04. The second-order valence-corrected chi connectivity index (χ2v) is 7.72. The van der Waals surface area contributed by atoms with Crippen LogP contribution in [0.1, 0.15) is 39.5 Å². The number of thioether (sulfide) groups is 1. The third kappa shape index (κ3) is 4.62. The van der Waals surface area contributed by atoms with Gasteiger partial charge in [-0.2, -0.15) is 0 Å². The Hall–Kier alpha value is -1.24. The maximum Gasteiger partial charge on any atom is 0.246 e. The van der Waals surface area contributed by atoms with Crippen molar-refractivity contribution >= 4 is 29.5 Å². The van der Waals surface area contributed by atoms with Crippen LogP contribution in [0.3, 0.4) is 0 Å². The van der Waals surface area contributed by atoms with E-state index in [1.54, 1.807) is 23.7 Å². The van der Waals surface area contributed by atoms with Gasteiger partial charge in [0.1, 0.15) is 6.04 Å². The minimum atomic E-state index is -0.426. The van der Waals surface area contributed by atoms with E-state index in [2.05, 4.69) is 5.32 Å². The Balaban J connectivity index is 1.94. The van der Waals surface area contributed by atoms with Gasteiger partial charge in [0.15, 0.2) is 0 Å². The predicted molar refractivity (Wildman–Crippen MR) is 90.8 cm³/mol. The van der Waals surface area contributed by atoms with Crippen molar-refractivity contribution in [3.63, 3.8) is 0 Å². The van der Waals surface area contributed by atoms with Crippen LogP contribution in [0.5, 0.6) is 0 Å². The fraction of sp³-hybridized carbons (Fsp3) is 0.812. The molecule has 1 saturated heterocycles. The standard InChI is InChI=1S/C16H27N3O3S/c1-11(2)17-14(20)8-18(3)16(22)13-9-23-10-19(13)15(21)12-6-4-5-7-12/h11-13H,4-10H2,1-3H3,(H,17,20)/t13-/m0/s1. The van der Waals surface area contributed by atoms with Gasteiger partial charge in [0.25, 0.3) is 0 Å². The van der Waals surface area contributed by atoms with Crippen molar-refractivity contribution in [2.24, 2.45) is 5.92 Å². The number of hydrogen-bond acceptors (Lipinski definition) is 4. The molecular formula is C16H27N3O3S. The van der Waals surface area contributed by atoms with Gasteiger partial charge in [-0.05, 0) is 26.7 Å². The summed E-state index contributed by atoms with van der Waals surface area (Å²) >= 11 is 1.61. The van der Waals surface area contributed by atoms with Gasteiger partial charge < -0.3 is 15.1 Å². The van der Waals surface area contributed by atoms with Crippen molar-refractivity contribution in [3.05, 3.63) is 0 Å². The van der Waals surface area contributed by atoms with Gasteiger partial charge in [-0.1, -0.05) is 12.8 Å². The maximum absolute atomic E-state index is 12.6. The Morgan fingerprint density at radius 3 is 2.52 bits per heavy atom. The number of amides is 3. The molecule has 0 spiro atoms. The minimum Gasteiger partial charge on any atom is -0.352 e. The molecule has 0 aromatic carbocycles. The third-order valence-electron chi connectivity index (χ3n) is 4.36. The third-order valence-corrected chi connectivity index (χ3v) is 5.37. The smallest absolute Gasteiger partial charge is 0.246 e. The molecule has 0 radical (unpaired) electrons. The van der Waals surface area contributed by atoms with Crippen LogP contribution in [-0.4, -0.2) is 64.8 Å². The van der Waals surface area contributed by atoms with Crippen LogP contribution in [0.4, 0.5) is 0 Å². The quantitative estimate of drug-likeness (QED) is 0.812. The van der Waals surface area contributed by atoms with Gasteiger partial charge in [-0.3, -0.25) is 14.4 Å². The largest absolute Gasteiger partial charge is 0.352 e. The Bertz CT molecular complexity index is 463. The Labute approximate surface area is 142 Å². The highest BCUT2D eigenvalue weighted by Gasteiger charge is 2.39. The number of hydrogen-bond donors (Lipinski definition) is 1. The van der Waals surface area contributed by atoms with Crippen molar-refractivity contribution in [1.82, 2.24) is 15.1 Å². The number of likely N-dealkylation sites (N-methyl/N-ethyl adjacent to an activating group) is 1. The lowest BCUT2D eigenvalue weighted by Gasteiger charge is -2.29. The van der Waals surface area contributed by atoms with E-state index in [1.165, 1.54) is 4.90 Å². The number of carbonyl (C=O) groups is 3. The summed E-state index contributed by atoms with van der Waals surface area (Å²) in [5.41, 5.74) is 0. The van der Waals surface area contributed by atoms with Gasteiger partial charge in [-0.15, -0.1) is 11.8 Å². The van der Waals surface area contributed by atoms with Crippen molar-refractivity contribution in [2.75, 3.05) is 25.2 Å². The molecule has 1 aliphatic carbocycles. The molecule has 0 bridgehead atoms. The average molecular weight is 341 g/mol. The van der Waals surface area contributed by atoms with E-state index in [0.717, 1.165) is 25.7 Å². The highest BCUT2D eigenvalue weighted by Crippen LogP contribution is 2.31. The Kier molecular flexibility index (Phi) is 6.33. The summed E-state index contributed by atoms with van der Waals surface area (Å²) in [6, 6.07) is -0.376. The highest BCUT2D eigenvalue weighted by molar-refractivity contribution is 7.99. The zero-order valence-corrected chi connectivity index (χ0v) is 15.0. The molecule has 2 rings (SSSR count). The molecule has 2 fully saturated rings. The van der Waals surface area contributed by atoms with Crippen LogP contribution in [0.25, 0.3) is 0 Å². The molecule has 6 nitrogen and oxygen atoms in total. The Morgan fingerprint density at radius 1 is 1.26 bits per heavy atom. The van der Waals surface area contributed by atoms with E-state index in [1.807, 2.05) is 13.8 Å². The van der Waals surface area contributed by atoms with Crippen molar-refractivity contribution < 1.29 is 14.4 Å². The summed E-state index contributed by atoms with van der Waals surface area (Å²) in [5.74, 6) is 1.09. The summed E-state index contributed by atoms with van der Waals surface area (Å²) in [6.07, 6.45) is 4.08. The zero-order valence-electron chi connectivity index (χ0n) is 14.2. The van der Waals surface area contributed by atoms with Crippen molar-refractivity contribution in [3.8, 4) is 0 Å². The van der Waals surface area contributed by atoms with E-state index >= 15 is 0 Å². The van der Waals surface area contributed by atoms with E-state index < -0.39 is 6.04 Å². The zero-order chi connectivity index (χ0) is 17.0. The molecule has 1 saturated carbocycles. The molecule has 0 aromatic heterocycles. The molecule has 3 amide bonds. The fourth-order valence-electron chi connectivity index (χ4n) is 3.19. The molecule has 0 unspecified atom stereocenters. The van der Waals surface area contributed by atoms with E-state index in [-0.39, 0.29) is 36.2 Å². The summed E-state index contributed by atoms with van der Waals surface area (Å²) < 4.78 is 0. The van der Waals surface area contributed by atoms with Gasteiger partial charge in [0.05, 0.1) is 12.4 Å². The molecule has 1 heterocycles. The average Bonchev–Trinajstić information content (AvgIpc) is 3.16. The maximum atomic E-state index is 12.6. The number of nitrogens with one attached hydrogen (secondary N) is 1. The summed E-state index contributed by atoms with van der Waals surface area (Å²) in [6.45, 7) is 3.80. The molecule has 130 valence electrons. The normalized spacial score (nSPS) is 21.7. The molecule has 1 atom stereocenters. The van der Waals surface area contributed by atoms with Crippen molar-refractivity contribution in [2.45, 2.75) is 51.6 Å². The first-order chi connectivity index (χ1) is 10.9. The summed E-state index contributed by atoms with van der Waals surface area (Å²) in [4.78, 5) is 40.2. The summed E-state index contributed by atoms with van der Waals surface area (Å²) in [7, 11) is 1.63.